The summed E-state index contributed by atoms with van der Waals surface area (Å²) >= 11 is 0. The maximum absolute atomic E-state index is 15.0. The van der Waals surface area contributed by atoms with Gasteiger partial charge < -0.3 is 24.8 Å². The number of aromatic nitrogens is 2. The zero-order valence-corrected chi connectivity index (χ0v) is 20.0. The van der Waals surface area contributed by atoms with E-state index in [-0.39, 0.29) is 31.2 Å². The lowest BCUT2D eigenvalue weighted by molar-refractivity contribution is -0.137. The lowest BCUT2D eigenvalue weighted by Crippen LogP contribution is -2.53. The van der Waals surface area contributed by atoms with Crippen LogP contribution < -0.4 is 10.1 Å². The van der Waals surface area contributed by atoms with Crippen LogP contribution in [0.2, 0.25) is 0 Å². The zero-order chi connectivity index (χ0) is 25.9. The fourth-order valence-corrected chi connectivity index (χ4v) is 5.64. The number of hydrogen-bond donors (Lipinski definition) is 3. The van der Waals surface area contributed by atoms with Crippen LogP contribution >= 0.6 is 0 Å². The Bertz CT molecular complexity index is 1250. The molecule has 2 heterocycles. The monoisotopic (exact) mass is 507 g/mol. The van der Waals surface area contributed by atoms with Gasteiger partial charge in [-0.3, -0.25) is 0 Å². The third-order valence-corrected chi connectivity index (χ3v) is 7.29. The minimum atomic E-state index is -4.44. The van der Waals surface area contributed by atoms with E-state index in [0.29, 0.717) is 41.6 Å². The lowest BCUT2D eigenvalue weighted by Gasteiger charge is -2.41. The molecule has 5 rings (SSSR count). The van der Waals surface area contributed by atoms with Crippen LogP contribution in [0.15, 0.2) is 42.7 Å². The van der Waals surface area contributed by atoms with E-state index in [4.69, 9.17) is 4.74 Å². The molecule has 0 bridgehead atoms. The van der Waals surface area contributed by atoms with Gasteiger partial charge in [0.15, 0.2) is 5.82 Å². The summed E-state index contributed by atoms with van der Waals surface area (Å²) in [5, 5.41) is 24.7. The molecule has 1 aliphatic carbocycles. The number of fused-ring (bicyclic) bond motifs is 1. The summed E-state index contributed by atoms with van der Waals surface area (Å²) < 4.78 is 61.4. The van der Waals surface area contributed by atoms with Crippen molar-refractivity contribution < 1.29 is 32.5 Å². The molecule has 1 aliphatic heterocycles. The molecule has 0 amide bonds. The van der Waals surface area contributed by atoms with Crippen molar-refractivity contribution in [1.29, 1.82) is 0 Å². The number of aliphatic hydroxyl groups is 2. The van der Waals surface area contributed by atoms with Crippen LogP contribution in [0.5, 0.6) is 5.75 Å². The van der Waals surface area contributed by atoms with Crippen LogP contribution in [-0.2, 0) is 11.8 Å². The molecule has 6 nitrogen and oxygen atoms in total. The van der Waals surface area contributed by atoms with Gasteiger partial charge in [0.25, 0.3) is 0 Å². The van der Waals surface area contributed by atoms with Gasteiger partial charge in [-0.05, 0) is 57.2 Å². The summed E-state index contributed by atoms with van der Waals surface area (Å²) in [6, 6.07) is 7.11. The van der Waals surface area contributed by atoms with Crippen molar-refractivity contribution in [2.45, 2.75) is 75.0 Å². The van der Waals surface area contributed by atoms with Crippen LogP contribution in [0, 0.1) is 5.82 Å². The number of hydrogen-bond acceptors (Lipinski definition) is 5. The molecule has 0 radical (unpaired) electrons. The van der Waals surface area contributed by atoms with Crippen LogP contribution in [-0.4, -0.2) is 44.1 Å². The molecular formula is C26H29F4N3O3. The molecule has 2 aliphatic rings. The number of nitrogens with zero attached hydrogens (tertiary/aromatic N) is 2. The molecule has 3 atom stereocenters. The molecule has 2 fully saturated rings. The van der Waals surface area contributed by atoms with E-state index in [0.717, 1.165) is 12.1 Å². The van der Waals surface area contributed by atoms with E-state index in [9.17, 15) is 23.4 Å². The molecule has 3 aromatic rings. The summed E-state index contributed by atoms with van der Waals surface area (Å²) in [7, 11) is 0. The van der Waals surface area contributed by atoms with Crippen LogP contribution in [0.4, 0.5) is 17.6 Å². The van der Waals surface area contributed by atoms with E-state index >= 15 is 4.39 Å². The molecular weight excluding hydrogens is 478 g/mol. The Morgan fingerprint density at radius 3 is 2.44 bits per heavy atom. The van der Waals surface area contributed by atoms with Crippen molar-refractivity contribution in [3.05, 3.63) is 59.7 Å². The third-order valence-electron chi connectivity index (χ3n) is 7.29. The second kappa shape index (κ2) is 8.71. The fourth-order valence-electron chi connectivity index (χ4n) is 5.64. The van der Waals surface area contributed by atoms with E-state index in [1.54, 1.807) is 23.9 Å². The van der Waals surface area contributed by atoms with Crippen LogP contribution in [0.1, 0.15) is 56.7 Å². The number of alkyl halides is 3. The van der Waals surface area contributed by atoms with E-state index in [1.807, 2.05) is 6.92 Å². The van der Waals surface area contributed by atoms with Crippen molar-refractivity contribution >= 4 is 11.0 Å². The molecule has 1 aromatic heterocycles. The van der Waals surface area contributed by atoms with Gasteiger partial charge in [-0.2, -0.15) is 13.2 Å². The fraction of sp³-hybridized carbons (Fsp3) is 0.500. The highest BCUT2D eigenvalue weighted by molar-refractivity contribution is 5.78. The van der Waals surface area contributed by atoms with Gasteiger partial charge in [-0.1, -0.05) is 12.1 Å². The number of imidazole rings is 1. The Kier molecular flexibility index (Phi) is 6.04. The predicted octanol–water partition coefficient (Wildman–Crippen LogP) is 4.69. The lowest BCUT2D eigenvalue weighted by atomic mass is 9.77. The van der Waals surface area contributed by atoms with Crippen molar-refractivity contribution in [2.24, 2.45) is 0 Å². The molecule has 1 saturated heterocycles. The Balaban J connectivity index is 1.28. The van der Waals surface area contributed by atoms with E-state index < -0.39 is 28.8 Å². The average Bonchev–Trinajstić information content (AvgIpc) is 3.19. The normalized spacial score (nSPS) is 30.8. The predicted molar refractivity (Wildman–Crippen MR) is 125 cm³/mol. The first kappa shape index (κ1) is 25.0. The summed E-state index contributed by atoms with van der Waals surface area (Å²) in [5.41, 5.74) is -1.60. The van der Waals surface area contributed by atoms with Crippen molar-refractivity contribution in [3.8, 4) is 5.75 Å². The van der Waals surface area contributed by atoms with E-state index in [2.05, 4.69) is 10.3 Å². The standard InChI is InChI=1S/C26H29F4N3O3/c1-15-9-25(35,16-3-5-17(6-4-16)26(28,29)30)10-18(32-15)13-36-20-7-21(27)23-22(8-20)31-14-33(23)19-11-24(2,34)12-19/h3-8,14-15,18-19,32,34-35H,9-13H2,1-2H3. The number of ether oxygens (including phenoxy) is 1. The topological polar surface area (TPSA) is 79.5 Å². The number of piperidine rings is 1. The van der Waals surface area contributed by atoms with Crippen molar-refractivity contribution in [2.75, 3.05) is 6.61 Å². The third kappa shape index (κ3) is 4.81. The van der Waals surface area contributed by atoms with Crippen LogP contribution in [0.25, 0.3) is 11.0 Å². The van der Waals surface area contributed by atoms with Crippen molar-refractivity contribution in [3.63, 3.8) is 0 Å². The molecule has 36 heavy (non-hydrogen) atoms. The maximum Gasteiger partial charge on any atom is 0.416 e. The first-order chi connectivity index (χ1) is 16.8. The SMILES string of the molecule is CC1CC(O)(c2ccc(C(F)(F)F)cc2)CC(COc2cc(F)c3c(c2)ncn3C2CC(C)(O)C2)N1. The first-order valence-electron chi connectivity index (χ1n) is 12.0. The van der Waals surface area contributed by atoms with E-state index in [1.165, 1.54) is 18.2 Å². The number of halogens is 4. The molecule has 1 saturated carbocycles. The summed E-state index contributed by atoms with van der Waals surface area (Å²) in [4.78, 5) is 4.31. The highest BCUT2D eigenvalue weighted by atomic mass is 19.4. The second-order valence-corrected chi connectivity index (χ2v) is 10.6. The maximum atomic E-state index is 15.0. The summed E-state index contributed by atoms with van der Waals surface area (Å²) in [5.74, 6) is -0.179. The number of benzene rings is 2. The Morgan fingerprint density at radius 1 is 1.11 bits per heavy atom. The van der Waals surface area contributed by atoms with Crippen molar-refractivity contribution in [1.82, 2.24) is 14.9 Å². The zero-order valence-electron chi connectivity index (χ0n) is 20.0. The molecule has 2 aromatic carbocycles. The van der Waals surface area contributed by atoms with Gasteiger partial charge in [0, 0.05) is 30.3 Å². The summed E-state index contributed by atoms with van der Waals surface area (Å²) in [6.07, 6.45) is -1.24. The van der Waals surface area contributed by atoms with Gasteiger partial charge in [0.1, 0.15) is 17.9 Å². The van der Waals surface area contributed by atoms with Gasteiger partial charge in [0.05, 0.1) is 28.6 Å². The first-order valence-corrected chi connectivity index (χ1v) is 12.0. The Hall–Kier alpha value is -2.69. The molecule has 194 valence electrons. The van der Waals surface area contributed by atoms with Gasteiger partial charge in [-0.25, -0.2) is 9.37 Å². The molecule has 3 unspecified atom stereocenters. The largest absolute Gasteiger partial charge is 0.492 e. The highest BCUT2D eigenvalue weighted by Crippen LogP contribution is 2.43. The van der Waals surface area contributed by atoms with Crippen LogP contribution in [0.3, 0.4) is 0 Å². The number of nitrogens with one attached hydrogen (secondary N) is 1. The van der Waals surface area contributed by atoms with Gasteiger partial charge >= 0.3 is 6.18 Å². The summed E-state index contributed by atoms with van der Waals surface area (Å²) in [6.45, 7) is 3.77. The molecule has 10 heteroatoms. The number of rotatable bonds is 5. The highest BCUT2D eigenvalue weighted by Gasteiger charge is 2.41. The molecule has 3 N–H and O–H groups in total. The Labute approximate surface area is 205 Å². The molecule has 0 spiro atoms. The average molecular weight is 508 g/mol. The second-order valence-electron chi connectivity index (χ2n) is 10.6. The quantitative estimate of drug-likeness (QED) is 0.437. The van der Waals surface area contributed by atoms with Gasteiger partial charge in [0.2, 0.25) is 0 Å². The Morgan fingerprint density at radius 2 is 1.81 bits per heavy atom. The smallest absolute Gasteiger partial charge is 0.416 e. The van der Waals surface area contributed by atoms with Gasteiger partial charge in [-0.15, -0.1) is 0 Å². The minimum Gasteiger partial charge on any atom is -0.492 e. The minimum absolute atomic E-state index is 0.0120.